The highest BCUT2D eigenvalue weighted by Crippen LogP contribution is 2.11. The third-order valence-electron chi connectivity index (χ3n) is 2.09. The summed E-state index contributed by atoms with van der Waals surface area (Å²) in [5.41, 5.74) is 1.42. The molecule has 2 rings (SSSR count). The molecule has 0 bridgehead atoms. The van der Waals surface area contributed by atoms with E-state index in [1.807, 2.05) is 12.2 Å². The fraction of sp³-hybridized carbons (Fsp3) is 0.200. The van der Waals surface area contributed by atoms with E-state index in [9.17, 15) is 4.79 Å². The lowest BCUT2D eigenvalue weighted by molar-refractivity contribution is 0.112. The van der Waals surface area contributed by atoms with Gasteiger partial charge in [0.25, 0.3) is 0 Å². The number of hydrogen-bond acceptors (Lipinski definition) is 4. The van der Waals surface area contributed by atoms with Crippen LogP contribution in [0.4, 0.5) is 0 Å². The largest absolute Gasteiger partial charge is 0.363 e. The standard InChI is InChI=1S/C10H11N3O2/c1-15-10-4-9(2-3-11-10)13-6-8(7-14)5-12-13/h2-7,10-11H,1H3. The van der Waals surface area contributed by atoms with E-state index in [4.69, 9.17) is 4.74 Å². The first-order chi connectivity index (χ1) is 7.33. The molecule has 1 aliphatic heterocycles. The number of dihydropyridines is 1. The van der Waals surface area contributed by atoms with Crippen molar-refractivity contribution in [3.8, 4) is 0 Å². The van der Waals surface area contributed by atoms with Crippen molar-refractivity contribution in [2.45, 2.75) is 6.23 Å². The number of rotatable bonds is 3. The van der Waals surface area contributed by atoms with Gasteiger partial charge in [0, 0.05) is 19.5 Å². The second-order valence-electron chi connectivity index (χ2n) is 3.08. The second kappa shape index (κ2) is 4.10. The van der Waals surface area contributed by atoms with E-state index < -0.39 is 0 Å². The summed E-state index contributed by atoms with van der Waals surface area (Å²) in [6, 6.07) is 0. The van der Waals surface area contributed by atoms with E-state index in [2.05, 4.69) is 10.4 Å². The van der Waals surface area contributed by atoms with Gasteiger partial charge in [-0.3, -0.25) is 4.79 Å². The SMILES string of the molecule is COC1C=C(n2cc(C=O)cn2)C=CN1. The molecule has 0 spiro atoms. The quantitative estimate of drug-likeness (QED) is 0.735. The number of aromatic nitrogens is 2. The summed E-state index contributed by atoms with van der Waals surface area (Å²) in [5.74, 6) is 0. The monoisotopic (exact) mass is 205 g/mol. The minimum atomic E-state index is -0.158. The Morgan fingerprint density at radius 3 is 3.20 bits per heavy atom. The zero-order valence-corrected chi connectivity index (χ0v) is 8.25. The van der Waals surface area contributed by atoms with Crippen molar-refractivity contribution >= 4 is 12.0 Å². The molecule has 1 unspecified atom stereocenters. The molecule has 5 heteroatoms. The summed E-state index contributed by atoms with van der Waals surface area (Å²) in [6.07, 6.45) is 9.31. The van der Waals surface area contributed by atoms with Crippen molar-refractivity contribution < 1.29 is 9.53 Å². The van der Waals surface area contributed by atoms with Crippen molar-refractivity contribution in [3.63, 3.8) is 0 Å². The van der Waals surface area contributed by atoms with Gasteiger partial charge >= 0.3 is 0 Å². The molecular formula is C10H11N3O2. The van der Waals surface area contributed by atoms with Crippen LogP contribution in [0.15, 0.2) is 30.7 Å². The number of ether oxygens (including phenoxy) is 1. The number of methoxy groups -OCH3 is 1. The molecule has 2 heterocycles. The van der Waals surface area contributed by atoms with Crippen LogP contribution in [0.25, 0.3) is 5.70 Å². The van der Waals surface area contributed by atoms with Crippen LogP contribution in [0.3, 0.4) is 0 Å². The molecule has 0 radical (unpaired) electrons. The maximum absolute atomic E-state index is 10.5. The molecule has 0 fully saturated rings. The molecule has 78 valence electrons. The number of carbonyl (C=O) groups is 1. The van der Waals surface area contributed by atoms with E-state index in [0.29, 0.717) is 5.56 Å². The van der Waals surface area contributed by atoms with Crippen molar-refractivity contribution in [2.75, 3.05) is 7.11 Å². The lowest BCUT2D eigenvalue weighted by Gasteiger charge is -2.17. The smallest absolute Gasteiger partial charge is 0.153 e. The van der Waals surface area contributed by atoms with Gasteiger partial charge in [-0.05, 0) is 12.2 Å². The van der Waals surface area contributed by atoms with Crippen LogP contribution in [0, 0.1) is 0 Å². The molecule has 1 aliphatic rings. The summed E-state index contributed by atoms with van der Waals surface area (Å²) in [6.45, 7) is 0. The van der Waals surface area contributed by atoms with Gasteiger partial charge in [0.2, 0.25) is 0 Å². The van der Waals surface area contributed by atoms with Crippen LogP contribution in [-0.2, 0) is 4.74 Å². The molecular weight excluding hydrogens is 194 g/mol. The van der Waals surface area contributed by atoms with E-state index in [1.54, 1.807) is 24.2 Å². The van der Waals surface area contributed by atoms with Crippen molar-refractivity contribution in [2.24, 2.45) is 0 Å². The van der Waals surface area contributed by atoms with Crippen LogP contribution in [0.2, 0.25) is 0 Å². The van der Waals surface area contributed by atoms with Crippen LogP contribution in [-0.4, -0.2) is 29.4 Å². The van der Waals surface area contributed by atoms with Gasteiger partial charge in [-0.2, -0.15) is 5.10 Å². The first kappa shape index (κ1) is 9.67. The van der Waals surface area contributed by atoms with E-state index in [-0.39, 0.29) is 6.23 Å². The highest BCUT2D eigenvalue weighted by atomic mass is 16.5. The Kier molecular flexibility index (Phi) is 2.64. The molecule has 0 saturated heterocycles. The first-order valence-corrected chi connectivity index (χ1v) is 4.51. The molecule has 5 nitrogen and oxygen atoms in total. The first-order valence-electron chi connectivity index (χ1n) is 4.51. The van der Waals surface area contributed by atoms with Gasteiger partial charge < -0.3 is 10.1 Å². The Labute approximate surface area is 87.0 Å². The third kappa shape index (κ3) is 1.97. The molecule has 15 heavy (non-hydrogen) atoms. The van der Waals surface area contributed by atoms with Crippen LogP contribution < -0.4 is 5.32 Å². The second-order valence-corrected chi connectivity index (χ2v) is 3.08. The Balaban J connectivity index is 2.26. The highest BCUT2D eigenvalue weighted by molar-refractivity contribution is 5.74. The molecule has 0 saturated carbocycles. The van der Waals surface area contributed by atoms with Crippen LogP contribution in [0.5, 0.6) is 0 Å². The zero-order valence-electron chi connectivity index (χ0n) is 8.25. The summed E-state index contributed by atoms with van der Waals surface area (Å²) in [5, 5.41) is 7.06. The van der Waals surface area contributed by atoms with Crippen LogP contribution in [0.1, 0.15) is 10.4 Å². The number of allylic oxidation sites excluding steroid dienone is 2. The molecule has 1 aromatic heterocycles. The normalized spacial score (nSPS) is 19.5. The van der Waals surface area contributed by atoms with Crippen molar-refractivity contribution in [3.05, 3.63) is 36.3 Å². The average molecular weight is 205 g/mol. The summed E-state index contributed by atoms with van der Waals surface area (Å²) < 4.78 is 6.76. The number of nitrogens with one attached hydrogen (secondary N) is 1. The predicted molar refractivity (Wildman–Crippen MR) is 55.0 cm³/mol. The minimum absolute atomic E-state index is 0.158. The molecule has 0 amide bonds. The topological polar surface area (TPSA) is 56.2 Å². The van der Waals surface area contributed by atoms with Gasteiger partial charge in [-0.25, -0.2) is 4.68 Å². The zero-order chi connectivity index (χ0) is 10.7. The number of carbonyl (C=O) groups excluding carboxylic acids is 1. The molecule has 1 atom stereocenters. The van der Waals surface area contributed by atoms with Gasteiger partial charge in [0.1, 0.15) is 6.23 Å². The van der Waals surface area contributed by atoms with Gasteiger partial charge in [0.15, 0.2) is 6.29 Å². The van der Waals surface area contributed by atoms with Gasteiger partial charge in [-0.1, -0.05) is 0 Å². The van der Waals surface area contributed by atoms with E-state index >= 15 is 0 Å². The molecule has 0 aromatic carbocycles. The van der Waals surface area contributed by atoms with Crippen molar-refractivity contribution in [1.82, 2.24) is 15.1 Å². The maximum atomic E-state index is 10.5. The maximum Gasteiger partial charge on any atom is 0.153 e. The van der Waals surface area contributed by atoms with Gasteiger partial charge in [0.05, 0.1) is 17.5 Å². The van der Waals surface area contributed by atoms with Gasteiger partial charge in [-0.15, -0.1) is 0 Å². The summed E-state index contributed by atoms with van der Waals surface area (Å²) in [7, 11) is 1.62. The Morgan fingerprint density at radius 1 is 1.67 bits per heavy atom. The Morgan fingerprint density at radius 2 is 2.53 bits per heavy atom. The summed E-state index contributed by atoms with van der Waals surface area (Å²) >= 11 is 0. The van der Waals surface area contributed by atoms with E-state index in [0.717, 1.165) is 12.0 Å². The lowest BCUT2D eigenvalue weighted by atomic mass is 10.3. The number of aldehydes is 1. The van der Waals surface area contributed by atoms with Crippen molar-refractivity contribution in [1.29, 1.82) is 0 Å². The third-order valence-corrected chi connectivity index (χ3v) is 2.09. The molecule has 1 N–H and O–H groups in total. The minimum Gasteiger partial charge on any atom is -0.363 e. The Hall–Kier alpha value is -1.88. The number of nitrogens with zero attached hydrogens (tertiary/aromatic N) is 2. The molecule has 1 aromatic rings. The average Bonchev–Trinajstić information content (AvgIpc) is 2.78. The lowest BCUT2D eigenvalue weighted by Crippen LogP contribution is -2.27. The predicted octanol–water partition coefficient (Wildman–Crippen LogP) is 0.626. The number of hydrogen-bond donors (Lipinski definition) is 1. The fourth-order valence-electron chi connectivity index (χ4n) is 1.31. The molecule has 0 aliphatic carbocycles. The Bertz CT molecular complexity index is 420. The van der Waals surface area contributed by atoms with Crippen LogP contribution >= 0.6 is 0 Å². The highest BCUT2D eigenvalue weighted by Gasteiger charge is 2.09. The summed E-state index contributed by atoms with van der Waals surface area (Å²) in [4.78, 5) is 10.5. The van der Waals surface area contributed by atoms with E-state index in [1.165, 1.54) is 6.20 Å². The fourth-order valence-corrected chi connectivity index (χ4v) is 1.31.